The molecule has 3 atom stereocenters. The van der Waals surface area contributed by atoms with Crippen molar-refractivity contribution in [3.05, 3.63) is 35.9 Å². The SMILES string of the molecule is N[C@H](C(=O)CC1CC[C@@H](CC(=O)O)OB1O)c1ccccc1. The third-order valence-electron chi connectivity index (χ3n) is 3.97. The molecule has 1 aromatic carbocycles. The van der Waals surface area contributed by atoms with E-state index in [2.05, 4.69) is 0 Å². The number of carbonyl (C=O) groups excluding carboxylic acids is 1. The Morgan fingerprint density at radius 3 is 2.55 bits per heavy atom. The molecule has 0 aliphatic carbocycles. The Morgan fingerprint density at radius 1 is 1.27 bits per heavy atom. The van der Waals surface area contributed by atoms with Crippen LogP contribution >= 0.6 is 0 Å². The van der Waals surface area contributed by atoms with Gasteiger partial charge in [0.15, 0.2) is 5.78 Å². The van der Waals surface area contributed by atoms with Crippen LogP contribution in [-0.2, 0) is 14.2 Å². The number of carboxylic acid groups (broad SMARTS) is 1. The highest BCUT2D eigenvalue weighted by molar-refractivity contribution is 6.45. The van der Waals surface area contributed by atoms with Gasteiger partial charge in [0.05, 0.1) is 18.6 Å². The van der Waals surface area contributed by atoms with Crippen LogP contribution in [0.4, 0.5) is 0 Å². The van der Waals surface area contributed by atoms with Crippen LogP contribution in [0.5, 0.6) is 0 Å². The Balaban J connectivity index is 1.88. The van der Waals surface area contributed by atoms with Crippen LogP contribution in [-0.4, -0.2) is 35.1 Å². The zero-order valence-electron chi connectivity index (χ0n) is 12.2. The van der Waals surface area contributed by atoms with Crippen LogP contribution in [0, 0.1) is 0 Å². The van der Waals surface area contributed by atoms with E-state index in [0.29, 0.717) is 12.8 Å². The summed E-state index contributed by atoms with van der Waals surface area (Å²) in [6.45, 7) is 0. The predicted octanol–water partition coefficient (Wildman–Crippen LogP) is 1.15. The first-order valence-electron chi connectivity index (χ1n) is 7.36. The number of Topliss-reactive ketones (excluding diaryl/α,β-unsaturated/α-hetero) is 1. The Bertz CT molecular complexity index is 524. The fourth-order valence-corrected chi connectivity index (χ4v) is 2.70. The molecule has 1 aliphatic rings. The van der Waals surface area contributed by atoms with E-state index in [1.54, 1.807) is 12.1 Å². The number of benzene rings is 1. The van der Waals surface area contributed by atoms with Crippen LogP contribution in [0.3, 0.4) is 0 Å². The zero-order chi connectivity index (χ0) is 16.1. The second kappa shape index (κ2) is 7.53. The monoisotopic (exact) mass is 305 g/mol. The summed E-state index contributed by atoms with van der Waals surface area (Å²) in [5.74, 6) is -1.46. The van der Waals surface area contributed by atoms with Crippen LogP contribution in [0.1, 0.15) is 37.3 Å². The summed E-state index contributed by atoms with van der Waals surface area (Å²) < 4.78 is 5.28. The molecule has 6 nitrogen and oxygen atoms in total. The first kappa shape index (κ1) is 16.7. The van der Waals surface area contributed by atoms with Gasteiger partial charge in [-0.25, -0.2) is 0 Å². The molecular formula is C15H20BNO5. The molecule has 0 bridgehead atoms. The van der Waals surface area contributed by atoms with Crippen molar-refractivity contribution in [3.63, 3.8) is 0 Å². The topological polar surface area (TPSA) is 110 Å². The average molecular weight is 305 g/mol. The lowest BCUT2D eigenvalue weighted by atomic mass is 9.64. The van der Waals surface area contributed by atoms with Crippen molar-refractivity contribution in [2.75, 3.05) is 0 Å². The Hall–Kier alpha value is -1.70. The first-order valence-corrected chi connectivity index (χ1v) is 7.36. The minimum absolute atomic E-state index is 0.122. The van der Waals surface area contributed by atoms with Crippen LogP contribution in [0.25, 0.3) is 0 Å². The smallest absolute Gasteiger partial charge is 0.458 e. The summed E-state index contributed by atoms with van der Waals surface area (Å²) in [4.78, 5) is 22.9. The predicted molar refractivity (Wildman–Crippen MR) is 81.1 cm³/mol. The summed E-state index contributed by atoms with van der Waals surface area (Å²) in [7, 11) is -1.12. The van der Waals surface area contributed by atoms with Crippen LogP contribution in [0.2, 0.25) is 5.82 Å². The molecule has 118 valence electrons. The number of aliphatic carboxylic acids is 1. The lowest BCUT2D eigenvalue weighted by molar-refractivity contribution is -0.139. The number of carbonyl (C=O) groups is 2. The molecule has 0 radical (unpaired) electrons. The van der Waals surface area contributed by atoms with E-state index >= 15 is 0 Å². The normalized spacial score (nSPS) is 23.1. The molecule has 1 aromatic rings. The zero-order valence-corrected chi connectivity index (χ0v) is 12.2. The maximum Gasteiger partial charge on any atom is 0.458 e. The molecule has 0 saturated carbocycles. The average Bonchev–Trinajstić information content (AvgIpc) is 2.49. The fourth-order valence-electron chi connectivity index (χ4n) is 2.70. The van der Waals surface area contributed by atoms with Crippen molar-refractivity contribution < 1.29 is 24.4 Å². The summed E-state index contributed by atoms with van der Waals surface area (Å²) in [5, 5.41) is 18.7. The molecule has 0 amide bonds. The maximum absolute atomic E-state index is 12.2. The Labute approximate surface area is 129 Å². The van der Waals surface area contributed by atoms with Gasteiger partial charge >= 0.3 is 13.1 Å². The largest absolute Gasteiger partial charge is 0.481 e. The third kappa shape index (κ3) is 4.40. The van der Waals surface area contributed by atoms with Gasteiger partial charge < -0.3 is 20.5 Å². The number of hydrogen-bond donors (Lipinski definition) is 3. The summed E-state index contributed by atoms with van der Waals surface area (Å²) in [6.07, 6.45) is 0.550. The summed E-state index contributed by atoms with van der Waals surface area (Å²) >= 11 is 0. The van der Waals surface area contributed by atoms with Gasteiger partial charge in [-0.15, -0.1) is 0 Å². The van der Waals surface area contributed by atoms with E-state index in [9.17, 15) is 14.6 Å². The molecule has 0 aromatic heterocycles. The molecule has 7 heteroatoms. The van der Waals surface area contributed by atoms with E-state index in [1.807, 2.05) is 18.2 Å². The van der Waals surface area contributed by atoms with Gasteiger partial charge in [0, 0.05) is 12.2 Å². The molecule has 4 N–H and O–H groups in total. The van der Waals surface area contributed by atoms with Gasteiger partial charge in [0.25, 0.3) is 0 Å². The van der Waals surface area contributed by atoms with E-state index in [0.717, 1.165) is 5.56 Å². The highest BCUT2D eigenvalue weighted by Gasteiger charge is 2.37. The highest BCUT2D eigenvalue weighted by atomic mass is 16.5. The first-order chi connectivity index (χ1) is 10.5. The standard InChI is InChI=1S/C15H20BNO5/c17-15(10-4-2-1-3-5-10)13(18)8-11-6-7-12(9-14(19)20)22-16(11)21/h1-5,11-12,15,21H,6-9,17H2,(H,19,20)/t11?,12-,15-/m0/s1. The van der Waals surface area contributed by atoms with Gasteiger partial charge in [0.1, 0.15) is 0 Å². The minimum atomic E-state index is -1.12. The van der Waals surface area contributed by atoms with Crippen molar-refractivity contribution >= 4 is 18.9 Å². The quantitative estimate of drug-likeness (QED) is 0.680. The molecule has 1 heterocycles. The van der Waals surface area contributed by atoms with Crippen molar-refractivity contribution in [1.29, 1.82) is 0 Å². The van der Waals surface area contributed by atoms with Crippen molar-refractivity contribution in [3.8, 4) is 0 Å². The number of carboxylic acids is 1. The van der Waals surface area contributed by atoms with Crippen LogP contribution < -0.4 is 5.73 Å². The molecular weight excluding hydrogens is 285 g/mol. The van der Waals surface area contributed by atoms with Gasteiger partial charge in [-0.1, -0.05) is 30.3 Å². The van der Waals surface area contributed by atoms with E-state index in [1.165, 1.54) is 0 Å². The molecule has 22 heavy (non-hydrogen) atoms. The van der Waals surface area contributed by atoms with E-state index < -0.39 is 25.2 Å². The second-order valence-electron chi connectivity index (χ2n) is 5.64. The number of ketones is 1. The van der Waals surface area contributed by atoms with Crippen molar-refractivity contribution in [2.24, 2.45) is 5.73 Å². The third-order valence-corrected chi connectivity index (χ3v) is 3.97. The summed E-state index contributed by atoms with van der Waals surface area (Å²) in [5.41, 5.74) is 6.68. The molecule has 1 fully saturated rings. The van der Waals surface area contributed by atoms with Gasteiger partial charge in [-0.05, 0) is 18.4 Å². The second-order valence-corrected chi connectivity index (χ2v) is 5.64. The Kier molecular flexibility index (Phi) is 5.71. The Morgan fingerprint density at radius 2 is 1.95 bits per heavy atom. The lowest BCUT2D eigenvalue weighted by Crippen LogP contribution is -2.38. The van der Waals surface area contributed by atoms with Crippen molar-refractivity contribution in [1.82, 2.24) is 0 Å². The minimum Gasteiger partial charge on any atom is -0.481 e. The van der Waals surface area contributed by atoms with Gasteiger partial charge in [-0.3, -0.25) is 9.59 Å². The molecule has 2 rings (SSSR count). The molecule has 1 aliphatic heterocycles. The lowest BCUT2D eigenvalue weighted by Gasteiger charge is -2.30. The summed E-state index contributed by atoms with van der Waals surface area (Å²) in [6, 6.07) is 8.35. The number of nitrogens with two attached hydrogens (primary N) is 1. The van der Waals surface area contributed by atoms with Crippen molar-refractivity contribution in [2.45, 2.75) is 43.6 Å². The van der Waals surface area contributed by atoms with Gasteiger partial charge in [0.2, 0.25) is 0 Å². The molecule has 0 spiro atoms. The fraction of sp³-hybridized carbons (Fsp3) is 0.467. The van der Waals surface area contributed by atoms with Gasteiger partial charge in [-0.2, -0.15) is 0 Å². The number of rotatable bonds is 6. The number of hydrogen-bond acceptors (Lipinski definition) is 5. The highest BCUT2D eigenvalue weighted by Crippen LogP contribution is 2.32. The molecule has 1 unspecified atom stereocenters. The van der Waals surface area contributed by atoms with E-state index in [-0.39, 0.29) is 24.4 Å². The van der Waals surface area contributed by atoms with Crippen LogP contribution in [0.15, 0.2) is 30.3 Å². The molecule has 1 saturated heterocycles. The van der Waals surface area contributed by atoms with E-state index in [4.69, 9.17) is 15.5 Å². The maximum atomic E-state index is 12.2.